The zero-order chi connectivity index (χ0) is 13.7. The van der Waals surface area contributed by atoms with E-state index >= 15 is 0 Å². The number of nitrogens with zero attached hydrogens (tertiary/aromatic N) is 3. The van der Waals surface area contributed by atoms with Gasteiger partial charge in [0.1, 0.15) is 0 Å². The van der Waals surface area contributed by atoms with Gasteiger partial charge in [0, 0.05) is 19.5 Å². The number of thioether (sulfide) groups is 1. The van der Waals surface area contributed by atoms with Gasteiger partial charge in [-0.3, -0.25) is 4.79 Å². The van der Waals surface area contributed by atoms with Crippen molar-refractivity contribution in [2.75, 3.05) is 12.8 Å². The molecular formula is C13H21N3O2S. The van der Waals surface area contributed by atoms with E-state index in [1.807, 2.05) is 18.9 Å². The second-order valence-corrected chi connectivity index (χ2v) is 5.83. The highest BCUT2D eigenvalue weighted by atomic mass is 32.2. The summed E-state index contributed by atoms with van der Waals surface area (Å²) in [5.41, 5.74) is 0. The maximum atomic E-state index is 12.1. The van der Waals surface area contributed by atoms with Gasteiger partial charge in [0.05, 0.1) is 5.75 Å². The third kappa shape index (κ3) is 3.96. The van der Waals surface area contributed by atoms with Crippen LogP contribution in [0.25, 0.3) is 0 Å². The summed E-state index contributed by atoms with van der Waals surface area (Å²) >= 11 is 1.33. The van der Waals surface area contributed by atoms with Crippen LogP contribution in [-0.4, -0.2) is 39.8 Å². The van der Waals surface area contributed by atoms with Crippen molar-refractivity contribution in [3.05, 3.63) is 5.89 Å². The molecule has 1 aliphatic rings. The lowest BCUT2D eigenvalue weighted by molar-refractivity contribution is -0.129. The zero-order valence-electron chi connectivity index (χ0n) is 11.6. The van der Waals surface area contributed by atoms with Gasteiger partial charge in [-0.05, 0) is 12.8 Å². The number of carbonyl (C=O) groups excluding carboxylic acids is 1. The SMILES string of the molecule is CCc1nnc(SCC(=O)N(C)C2CCCCC2)o1. The van der Waals surface area contributed by atoms with Crippen LogP contribution in [0.4, 0.5) is 0 Å². The molecule has 1 aliphatic carbocycles. The van der Waals surface area contributed by atoms with Crippen LogP contribution in [0.2, 0.25) is 0 Å². The fourth-order valence-electron chi connectivity index (χ4n) is 2.34. The van der Waals surface area contributed by atoms with E-state index in [0.717, 1.165) is 19.3 Å². The molecule has 1 aromatic rings. The smallest absolute Gasteiger partial charge is 0.277 e. The second-order valence-electron chi connectivity index (χ2n) is 4.90. The number of aryl methyl sites for hydroxylation is 1. The quantitative estimate of drug-likeness (QED) is 0.777. The van der Waals surface area contributed by atoms with E-state index in [4.69, 9.17) is 4.42 Å². The van der Waals surface area contributed by atoms with E-state index < -0.39 is 0 Å². The standard InChI is InChI=1S/C13H21N3O2S/c1-3-11-14-15-13(18-11)19-9-12(17)16(2)10-7-5-4-6-8-10/h10H,3-9H2,1-2H3. The van der Waals surface area contributed by atoms with Crippen molar-refractivity contribution in [3.8, 4) is 0 Å². The number of aromatic nitrogens is 2. The predicted octanol–water partition coefficient (Wildman–Crippen LogP) is 2.52. The van der Waals surface area contributed by atoms with Crippen molar-refractivity contribution < 1.29 is 9.21 Å². The van der Waals surface area contributed by atoms with Gasteiger partial charge in [-0.2, -0.15) is 0 Å². The molecular weight excluding hydrogens is 262 g/mol. The van der Waals surface area contributed by atoms with Crippen molar-refractivity contribution in [3.63, 3.8) is 0 Å². The van der Waals surface area contributed by atoms with Crippen molar-refractivity contribution in [1.82, 2.24) is 15.1 Å². The molecule has 0 N–H and O–H groups in total. The van der Waals surface area contributed by atoms with Gasteiger partial charge in [0.2, 0.25) is 11.8 Å². The summed E-state index contributed by atoms with van der Waals surface area (Å²) in [4.78, 5) is 14.0. The predicted molar refractivity (Wildman–Crippen MR) is 74.0 cm³/mol. The maximum Gasteiger partial charge on any atom is 0.277 e. The summed E-state index contributed by atoms with van der Waals surface area (Å²) in [5.74, 6) is 1.14. The Labute approximate surface area is 118 Å². The summed E-state index contributed by atoms with van der Waals surface area (Å²) in [6.07, 6.45) is 6.76. The summed E-state index contributed by atoms with van der Waals surface area (Å²) in [5, 5.41) is 8.28. The van der Waals surface area contributed by atoms with E-state index in [0.29, 0.717) is 22.9 Å². The van der Waals surface area contributed by atoms with Crippen LogP contribution in [0, 0.1) is 0 Å². The molecule has 0 aromatic carbocycles. The Bertz CT molecular complexity index is 416. The van der Waals surface area contributed by atoms with Crippen molar-refractivity contribution in [2.45, 2.75) is 56.7 Å². The maximum absolute atomic E-state index is 12.1. The molecule has 1 saturated carbocycles. The van der Waals surface area contributed by atoms with E-state index in [1.54, 1.807) is 0 Å². The Hall–Kier alpha value is -1.04. The minimum Gasteiger partial charge on any atom is -0.416 e. The lowest BCUT2D eigenvalue weighted by Gasteiger charge is -2.31. The van der Waals surface area contributed by atoms with Crippen LogP contribution in [0.5, 0.6) is 0 Å². The first kappa shape index (κ1) is 14.4. The fraction of sp³-hybridized carbons (Fsp3) is 0.769. The first-order valence-corrected chi connectivity index (χ1v) is 7.90. The zero-order valence-corrected chi connectivity index (χ0v) is 12.4. The first-order valence-electron chi connectivity index (χ1n) is 6.91. The Morgan fingerprint density at radius 2 is 2.11 bits per heavy atom. The minimum atomic E-state index is 0.146. The highest BCUT2D eigenvalue weighted by molar-refractivity contribution is 7.99. The molecule has 6 heteroatoms. The average molecular weight is 283 g/mol. The normalized spacial score (nSPS) is 16.5. The molecule has 2 rings (SSSR count). The molecule has 106 valence electrons. The topological polar surface area (TPSA) is 59.2 Å². The average Bonchev–Trinajstić information content (AvgIpc) is 2.93. The number of hydrogen-bond donors (Lipinski definition) is 0. The molecule has 0 unspecified atom stereocenters. The van der Waals surface area contributed by atoms with Gasteiger partial charge in [-0.25, -0.2) is 0 Å². The lowest BCUT2D eigenvalue weighted by atomic mass is 9.94. The summed E-state index contributed by atoms with van der Waals surface area (Å²) in [6.45, 7) is 1.96. The largest absolute Gasteiger partial charge is 0.416 e. The van der Waals surface area contributed by atoms with Crippen LogP contribution < -0.4 is 0 Å². The Kier molecular flexibility index (Phi) is 5.24. The molecule has 0 atom stereocenters. The van der Waals surface area contributed by atoms with Gasteiger partial charge in [0.25, 0.3) is 5.22 Å². The fourth-order valence-corrected chi connectivity index (χ4v) is 3.04. The van der Waals surface area contributed by atoms with Gasteiger partial charge in [-0.1, -0.05) is 37.9 Å². The molecule has 0 radical (unpaired) electrons. The summed E-state index contributed by atoms with van der Waals surface area (Å²) in [6, 6.07) is 0.413. The highest BCUT2D eigenvalue weighted by Gasteiger charge is 2.22. The van der Waals surface area contributed by atoms with Crippen molar-refractivity contribution >= 4 is 17.7 Å². The van der Waals surface area contributed by atoms with Gasteiger partial charge in [0.15, 0.2) is 0 Å². The molecule has 19 heavy (non-hydrogen) atoms. The minimum absolute atomic E-state index is 0.146. The summed E-state index contributed by atoms with van der Waals surface area (Å²) in [7, 11) is 1.91. The first-order chi connectivity index (χ1) is 9.20. The van der Waals surface area contributed by atoms with Crippen molar-refractivity contribution in [1.29, 1.82) is 0 Å². The molecule has 0 bridgehead atoms. The van der Waals surface area contributed by atoms with E-state index in [2.05, 4.69) is 10.2 Å². The number of hydrogen-bond acceptors (Lipinski definition) is 5. The van der Waals surface area contributed by atoms with E-state index in [9.17, 15) is 4.79 Å². The monoisotopic (exact) mass is 283 g/mol. The van der Waals surface area contributed by atoms with Gasteiger partial charge >= 0.3 is 0 Å². The Morgan fingerprint density at radius 1 is 1.37 bits per heavy atom. The molecule has 1 fully saturated rings. The molecule has 0 aliphatic heterocycles. The van der Waals surface area contributed by atoms with Crippen molar-refractivity contribution in [2.24, 2.45) is 0 Å². The lowest BCUT2D eigenvalue weighted by Crippen LogP contribution is -2.39. The molecule has 1 amide bonds. The molecule has 1 aromatic heterocycles. The third-order valence-corrected chi connectivity index (χ3v) is 4.39. The number of amides is 1. The number of carbonyl (C=O) groups is 1. The van der Waals surface area contributed by atoms with E-state index in [1.165, 1.54) is 31.0 Å². The van der Waals surface area contributed by atoms with Crippen LogP contribution in [0.15, 0.2) is 9.64 Å². The third-order valence-electron chi connectivity index (χ3n) is 3.59. The van der Waals surface area contributed by atoms with Crippen LogP contribution >= 0.6 is 11.8 Å². The summed E-state index contributed by atoms with van der Waals surface area (Å²) < 4.78 is 5.38. The molecule has 0 spiro atoms. The van der Waals surface area contributed by atoms with Gasteiger partial charge < -0.3 is 9.32 Å². The Balaban J connectivity index is 1.79. The molecule has 1 heterocycles. The Morgan fingerprint density at radius 3 is 2.74 bits per heavy atom. The van der Waals surface area contributed by atoms with Crippen LogP contribution in [0.3, 0.4) is 0 Å². The molecule has 5 nitrogen and oxygen atoms in total. The number of rotatable bonds is 5. The molecule has 0 saturated heterocycles. The highest BCUT2D eigenvalue weighted by Crippen LogP contribution is 2.23. The van der Waals surface area contributed by atoms with E-state index in [-0.39, 0.29) is 5.91 Å². The second kappa shape index (κ2) is 6.93. The van der Waals surface area contributed by atoms with Gasteiger partial charge in [-0.15, -0.1) is 10.2 Å². The van der Waals surface area contributed by atoms with Crippen LogP contribution in [0.1, 0.15) is 44.9 Å². The van der Waals surface area contributed by atoms with Crippen LogP contribution in [-0.2, 0) is 11.2 Å².